The normalized spacial score (nSPS) is 21.5. The molecule has 0 aromatic rings. The summed E-state index contributed by atoms with van der Waals surface area (Å²) in [6.45, 7) is 3.72. The fourth-order valence-corrected chi connectivity index (χ4v) is 1.46. The molecular weight excluding hydrogens is 214 g/mol. The van der Waals surface area contributed by atoms with E-state index in [1.807, 2.05) is 0 Å². The van der Waals surface area contributed by atoms with Crippen molar-refractivity contribution in [3.05, 3.63) is 0 Å². The Kier molecular flexibility index (Phi) is 9.53. The van der Waals surface area contributed by atoms with Gasteiger partial charge in [0.2, 0.25) is 0 Å². The molecular formula is C8H19Cl2FN2. The van der Waals surface area contributed by atoms with Gasteiger partial charge in [0.1, 0.15) is 6.17 Å². The average molecular weight is 233 g/mol. The number of likely N-dealkylation sites (tertiary alicyclic amines) is 1. The smallest absolute Gasteiger partial charge is 0.103 e. The van der Waals surface area contributed by atoms with E-state index in [4.69, 9.17) is 5.73 Å². The summed E-state index contributed by atoms with van der Waals surface area (Å²) in [6.07, 6.45) is 1.83. The number of piperidine rings is 1. The number of nitrogens with two attached hydrogens (primary N) is 1. The summed E-state index contributed by atoms with van der Waals surface area (Å²) >= 11 is 0. The summed E-state index contributed by atoms with van der Waals surface area (Å²) < 4.78 is 12.7. The molecule has 0 bridgehead atoms. The highest BCUT2D eigenvalue weighted by Crippen LogP contribution is 2.14. The van der Waals surface area contributed by atoms with Gasteiger partial charge < -0.3 is 5.73 Å². The van der Waals surface area contributed by atoms with Crippen LogP contribution in [0.2, 0.25) is 0 Å². The minimum Gasteiger partial charge on any atom is -0.316 e. The number of nitrogens with zero attached hydrogens (tertiary/aromatic N) is 1. The van der Waals surface area contributed by atoms with Gasteiger partial charge in [-0.25, -0.2) is 4.39 Å². The van der Waals surface area contributed by atoms with Crippen LogP contribution >= 0.6 is 24.8 Å². The van der Waals surface area contributed by atoms with Crippen LogP contribution in [0.25, 0.3) is 0 Å². The summed E-state index contributed by atoms with van der Waals surface area (Å²) in [5.41, 5.74) is 5.80. The van der Waals surface area contributed by atoms with Gasteiger partial charge in [0.05, 0.1) is 6.17 Å². The Morgan fingerprint density at radius 3 is 2.23 bits per heavy atom. The van der Waals surface area contributed by atoms with Crippen molar-refractivity contribution in [2.75, 3.05) is 13.1 Å². The van der Waals surface area contributed by atoms with Gasteiger partial charge in [0.25, 0.3) is 0 Å². The molecule has 0 aromatic heterocycles. The van der Waals surface area contributed by atoms with Gasteiger partial charge in [-0.2, -0.15) is 0 Å². The number of alkyl halides is 1. The lowest BCUT2D eigenvalue weighted by Crippen LogP contribution is -2.46. The Labute approximate surface area is 91.9 Å². The van der Waals surface area contributed by atoms with Crippen molar-refractivity contribution < 1.29 is 4.39 Å². The monoisotopic (exact) mass is 232 g/mol. The van der Waals surface area contributed by atoms with Crippen LogP contribution in [0.15, 0.2) is 0 Å². The van der Waals surface area contributed by atoms with E-state index >= 15 is 0 Å². The maximum absolute atomic E-state index is 12.7. The predicted molar refractivity (Wildman–Crippen MR) is 58.5 cm³/mol. The number of rotatable bonds is 2. The van der Waals surface area contributed by atoms with E-state index in [2.05, 4.69) is 11.8 Å². The first-order chi connectivity index (χ1) is 5.24. The molecule has 1 fully saturated rings. The van der Waals surface area contributed by atoms with Gasteiger partial charge in [-0.1, -0.05) is 6.92 Å². The van der Waals surface area contributed by atoms with Crippen molar-refractivity contribution in [3.63, 3.8) is 0 Å². The largest absolute Gasteiger partial charge is 0.316 e. The van der Waals surface area contributed by atoms with E-state index in [1.54, 1.807) is 0 Å². The van der Waals surface area contributed by atoms with Crippen molar-refractivity contribution in [2.24, 2.45) is 5.73 Å². The number of hydrogen-bond acceptors (Lipinski definition) is 2. The Morgan fingerprint density at radius 2 is 1.85 bits per heavy atom. The fraction of sp³-hybridized carbons (Fsp3) is 1.00. The summed E-state index contributed by atoms with van der Waals surface area (Å²) in [6, 6.07) is 0. The Hall–Kier alpha value is 0.430. The molecule has 5 heteroatoms. The molecule has 0 aliphatic carbocycles. The minimum atomic E-state index is -0.588. The van der Waals surface area contributed by atoms with Crippen molar-refractivity contribution in [2.45, 2.75) is 38.5 Å². The SMILES string of the molecule is CCC(N)N1CCC(F)CC1.Cl.Cl. The third-order valence-electron chi connectivity index (χ3n) is 2.35. The zero-order valence-corrected chi connectivity index (χ0v) is 9.54. The van der Waals surface area contributed by atoms with Crippen LogP contribution in [-0.2, 0) is 0 Å². The zero-order chi connectivity index (χ0) is 8.27. The van der Waals surface area contributed by atoms with Crippen LogP contribution in [0.3, 0.4) is 0 Å². The third-order valence-corrected chi connectivity index (χ3v) is 2.35. The van der Waals surface area contributed by atoms with Crippen LogP contribution in [0.4, 0.5) is 4.39 Å². The second kappa shape index (κ2) is 7.80. The molecule has 82 valence electrons. The molecule has 1 unspecified atom stereocenters. The molecule has 0 aromatic carbocycles. The standard InChI is InChI=1S/C8H17FN2.2ClH/c1-2-8(10)11-5-3-7(9)4-6-11;;/h7-8H,2-6,10H2,1H3;2*1H. The van der Waals surface area contributed by atoms with Gasteiger partial charge in [-0.3, -0.25) is 4.90 Å². The van der Waals surface area contributed by atoms with Gasteiger partial charge >= 0.3 is 0 Å². The highest BCUT2D eigenvalue weighted by molar-refractivity contribution is 5.85. The summed E-state index contributed by atoms with van der Waals surface area (Å²) in [5.74, 6) is 0. The van der Waals surface area contributed by atoms with Crippen LogP contribution in [0.5, 0.6) is 0 Å². The van der Waals surface area contributed by atoms with E-state index in [1.165, 1.54) is 0 Å². The Bertz CT molecular complexity index is 119. The second-order valence-electron chi connectivity index (χ2n) is 3.19. The maximum atomic E-state index is 12.7. The molecule has 2 N–H and O–H groups in total. The maximum Gasteiger partial charge on any atom is 0.103 e. The van der Waals surface area contributed by atoms with Crippen LogP contribution in [-0.4, -0.2) is 30.3 Å². The van der Waals surface area contributed by atoms with Gasteiger partial charge in [0.15, 0.2) is 0 Å². The van der Waals surface area contributed by atoms with Crippen LogP contribution in [0, 0.1) is 0 Å². The molecule has 1 aliphatic heterocycles. The quantitative estimate of drug-likeness (QED) is 0.789. The lowest BCUT2D eigenvalue weighted by Gasteiger charge is -2.32. The lowest BCUT2D eigenvalue weighted by molar-refractivity contribution is 0.111. The summed E-state index contributed by atoms with van der Waals surface area (Å²) in [4.78, 5) is 2.16. The van der Waals surface area contributed by atoms with Gasteiger partial charge in [-0.05, 0) is 19.3 Å². The van der Waals surface area contributed by atoms with Crippen molar-refractivity contribution in [3.8, 4) is 0 Å². The fourth-order valence-electron chi connectivity index (χ4n) is 1.46. The molecule has 0 radical (unpaired) electrons. The van der Waals surface area contributed by atoms with Crippen LogP contribution < -0.4 is 5.73 Å². The van der Waals surface area contributed by atoms with E-state index in [0.29, 0.717) is 12.8 Å². The van der Waals surface area contributed by atoms with E-state index in [0.717, 1.165) is 19.5 Å². The summed E-state index contributed by atoms with van der Waals surface area (Å²) in [7, 11) is 0. The zero-order valence-electron chi connectivity index (χ0n) is 7.91. The highest BCUT2D eigenvalue weighted by atomic mass is 35.5. The van der Waals surface area contributed by atoms with Crippen molar-refractivity contribution >= 4 is 24.8 Å². The van der Waals surface area contributed by atoms with Gasteiger partial charge in [-0.15, -0.1) is 24.8 Å². The molecule has 1 rings (SSSR count). The van der Waals surface area contributed by atoms with E-state index < -0.39 is 6.17 Å². The first-order valence-corrected chi connectivity index (χ1v) is 4.37. The molecule has 0 spiro atoms. The molecule has 13 heavy (non-hydrogen) atoms. The van der Waals surface area contributed by atoms with E-state index in [9.17, 15) is 4.39 Å². The van der Waals surface area contributed by atoms with Crippen LogP contribution in [0.1, 0.15) is 26.2 Å². The topological polar surface area (TPSA) is 29.3 Å². The first kappa shape index (κ1) is 15.9. The van der Waals surface area contributed by atoms with Crippen molar-refractivity contribution in [1.82, 2.24) is 4.90 Å². The molecule has 1 aliphatic rings. The third kappa shape index (κ3) is 5.01. The predicted octanol–water partition coefficient (Wildman–Crippen LogP) is 1.96. The van der Waals surface area contributed by atoms with Gasteiger partial charge in [0, 0.05) is 13.1 Å². The first-order valence-electron chi connectivity index (χ1n) is 4.37. The Morgan fingerprint density at radius 1 is 1.38 bits per heavy atom. The minimum absolute atomic E-state index is 0. The van der Waals surface area contributed by atoms with Crippen molar-refractivity contribution in [1.29, 1.82) is 0 Å². The second-order valence-corrected chi connectivity index (χ2v) is 3.19. The lowest BCUT2D eigenvalue weighted by atomic mass is 10.1. The average Bonchev–Trinajstić information content (AvgIpc) is 2.05. The molecule has 1 atom stereocenters. The number of hydrogen-bond donors (Lipinski definition) is 1. The summed E-state index contributed by atoms with van der Waals surface area (Å²) in [5, 5.41) is 0. The molecule has 0 amide bonds. The number of halogens is 3. The molecule has 1 saturated heterocycles. The van der Waals surface area contributed by atoms with E-state index in [-0.39, 0.29) is 31.0 Å². The molecule has 1 heterocycles. The Balaban J connectivity index is 0. The molecule has 2 nitrogen and oxygen atoms in total. The molecule has 0 saturated carbocycles. The highest BCUT2D eigenvalue weighted by Gasteiger charge is 2.21.